The summed E-state index contributed by atoms with van der Waals surface area (Å²) in [5.41, 5.74) is 0.356. The maximum Gasteiger partial charge on any atom is 0.352 e. The van der Waals surface area contributed by atoms with Crippen molar-refractivity contribution >= 4 is 21.7 Å². The van der Waals surface area contributed by atoms with Gasteiger partial charge in [-0.2, -0.15) is 0 Å². The van der Waals surface area contributed by atoms with Crippen LogP contribution < -0.4 is 4.72 Å². The van der Waals surface area contributed by atoms with Crippen LogP contribution in [0.5, 0.6) is 0 Å². The van der Waals surface area contributed by atoms with Gasteiger partial charge in [0.25, 0.3) is 10.0 Å². The number of anilines is 1. The molecule has 0 amide bonds. The van der Waals surface area contributed by atoms with E-state index in [2.05, 4.69) is 4.72 Å². The van der Waals surface area contributed by atoms with Crippen LogP contribution in [0.3, 0.4) is 0 Å². The molecule has 0 unspecified atom stereocenters. The highest BCUT2D eigenvalue weighted by Crippen LogP contribution is 2.20. The van der Waals surface area contributed by atoms with E-state index in [1.54, 1.807) is 0 Å². The standard InChI is InChI=1S/C13H13FN2O4S/c1-8-5-9(3-4-11(8)14)15-21(19,20)10-6-12(13(17)18)16(2)7-10/h3-7,15H,1-2H3,(H,17,18). The maximum atomic E-state index is 13.2. The third-order valence-corrected chi connectivity index (χ3v) is 4.27. The quantitative estimate of drug-likeness (QED) is 0.903. The van der Waals surface area contributed by atoms with Crippen molar-refractivity contribution in [2.75, 3.05) is 4.72 Å². The second kappa shape index (κ2) is 5.21. The minimum Gasteiger partial charge on any atom is -0.477 e. The number of aryl methyl sites for hydroxylation is 2. The fraction of sp³-hybridized carbons (Fsp3) is 0.154. The van der Waals surface area contributed by atoms with Gasteiger partial charge in [-0.25, -0.2) is 17.6 Å². The second-order valence-corrected chi connectivity index (χ2v) is 6.23. The highest BCUT2D eigenvalue weighted by molar-refractivity contribution is 7.92. The predicted molar refractivity (Wildman–Crippen MR) is 74.3 cm³/mol. The maximum absolute atomic E-state index is 13.2. The van der Waals surface area contributed by atoms with Crippen molar-refractivity contribution in [2.24, 2.45) is 7.05 Å². The Morgan fingerprint density at radius 3 is 2.52 bits per heavy atom. The molecule has 0 spiro atoms. The van der Waals surface area contributed by atoms with Gasteiger partial charge >= 0.3 is 5.97 Å². The molecular formula is C13H13FN2O4S. The van der Waals surface area contributed by atoms with Gasteiger partial charge in [0, 0.05) is 18.9 Å². The SMILES string of the molecule is Cc1cc(NS(=O)(=O)c2cc(C(=O)O)n(C)c2)ccc1F. The third kappa shape index (κ3) is 3.05. The summed E-state index contributed by atoms with van der Waals surface area (Å²) < 4.78 is 41.0. The van der Waals surface area contributed by atoms with E-state index >= 15 is 0 Å². The van der Waals surface area contributed by atoms with Crippen molar-refractivity contribution < 1.29 is 22.7 Å². The summed E-state index contributed by atoms with van der Waals surface area (Å²) in [4.78, 5) is 10.7. The fourth-order valence-corrected chi connectivity index (χ4v) is 2.93. The van der Waals surface area contributed by atoms with Crippen LogP contribution in [0.4, 0.5) is 10.1 Å². The van der Waals surface area contributed by atoms with Crippen molar-refractivity contribution in [2.45, 2.75) is 11.8 Å². The van der Waals surface area contributed by atoms with E-state index in [0.29, 0.717) is 5.56 Å². The molecule has 2 N–H and O–H groups in total. The molecule has 21 heavy (non-hydrogen) atoms. The Morgan fingerprint density at radius 2 is 2.00 bits per heavy atom. The average molecular weight is 312 g/mol. The third-order valence-electron chi connectivity index (χ3n) is 2.92. The number of carboxylic acid groups (broad SMARTS) is 1. The van der Waals surface area contributed by atoms with E-state index in [1.807, 2.05) is 0 Å². The van der Waals surface area contributed by atoms with Crippen LogP contribution in [-0.2, 0) is 17.1 Å². The lowest BCUT2D eigenvalue weighted by Crippen LogP contribution is -2.12. The lowest BCUT2D eigenvalue weighted by molar-refractivity contribution is 0.0686. The molecule has 1 aromatic heterocycles. The number of sulfonamides is 1. The Labute approximate surface area is 120 Å². The van der Waals surface area contributed by atoms with Crippen LogP contribution in [-0.4, -0.2) is 24.1 Å². The molecule has 0 saturated heterocycles. The van der Waals surface area contributed by atoms with Gasteiger partial charge in [0.15, 0.2) is 0 Å². The predicted octanol–water partition coefficient (Wildman–Crippen LogP) is 1.97. The number of carboxylic acids is 1. The summed E-state index contributed by atoms with van der Waals surface area (Å²) in [7, 11) is -2.50. The summed E-state index contributed by atoms with van der Waals surface area (Å²) in [6.07, 6.45) is 1.20. The lowest BCUT2D eigenvalue weighted by Gasteiger charge is -2.07. The molecule has 0 fully saturated rings. The van der Waals surface area contributed by atoms with Crippen LogP contribution >= 0.6 is 0 Å². The first-order valence-electron chi connectivity index (χ1n) is 5.89. The normalized spacial score (nSPS) is 11.4. The van der Waals surface area contributed by atoms with Crippen molar-refractivity contribution in [1.29, 1.82) is 0 Å². The Bertz CT molecular complexity index is 812. The van der Waals surface area contributed by atoms with Gasteiger partial charge in [0.2, 0.25) is 0 Å². The van der Waals surface area contributed by atoms with Gasteiger partial charge in [-0.1, -0.05) is 0 Å². The highest BCUT2D eigenvalue weighted by Gasteiger charge is 2.20. The van der Waals surface area contributed by atoms with Crippen LogP contribution in [0, 0.1) is 12.7 Å². The van der Waals surface area contributed by atoms with Gasteiger partial charge in [0.05, 0.1) is 0 Å². The molecule has 1 heterocycles. The molecule has 0 bridgehead atoms. The number of halogens is 1. The fourth-order valence-electron chi connectivity index (χ4n) is 1.82. The van der Waals surface area contributed by atoms with E-state index in [-0.39, 0.29) is 16.3 Å². The molecule has 2 rings (SSSR count). The molecule has 8 heteroatoms. The van der Waals surface area contributed by atoms with Gasteiger partial charge < -0.3 is 9.67 Å². The van der Waals surface area contributed by atoms with Gasteiger partial charge in [-0.15, -0.1) is 0 Å². The number of hydrogen-bond donors (Lipinski definition) is 2. The molecule has 0 atom stereocenters. The van der Waals surface area contributed by atoms with E-state index in [0.717, 1.165) is 12.1 Å². The molecular weight excluding hydrogens is 299 g/mol. The van der Waals surface area contributed by atoms with Crippen molar-refractivity contribution in [3.05, 3.63) is 47.5 Å². The van der Waals surface area contributed by atoms with E-state index in [9.17, 15) is 17.6 Å². The van der Waals surface area contributed by atoms with Gasteiger partial charge in [-0.05, 0) is 36.8 Å². The van der Waals surface area contributed by atoms with Crippen LogP contribution in [0.2, 0.25) is 0 Å². The smallest absolute Gasteiger partial charge is 0.352 e. The Balaban J connectivity index is 2.36. The van der Waals surface area contributed by atoms with Crippen LogP contribution in [0.1, 0.15) is 16.1 Å². The monoisotopic (exact) mass is 312 g/mol. The summed E-state index contributed by atoms with van der Waals surface area (Å²) in [6.45, 7) is 1.51. The highest BCUT2D eigenvalue weighted by atomic mass is 32.2. The Hall–Kier alpha value is -2.35. The number of rotatable bonds is 4. The number of nitrogens with zero attached hydrogens (tertiary/aromatic N) is 1. The van der Waals surface area contributed by atoms with Crippen LogP contribution in [0.25, 0.3) is 0 Å². The summed E-state index contributed by atoms with van der Waals surface area (Å²) in [6, 6.07) is 4.86. The van der Waals surface area contributed by atoms with Crippen molar-refractivity contribution in [1.82, 2.24) is 4.57 Å². The summed E-state index contributed by atoms with van der Waals surface area (Å²) in [5, 5.41) is 8.92. The van der Waals surface area contributed by atoms with Gasteiger partial charge in [-0.3, -0.25) is 4.72 Å². The molecule has 6 nitrogen and oxygen atoms in total. The second-order valence-electron chi connectivity index (χ2n) is 4.55. The largest absolute Gasteiger partial charge is 0.477 e. The van der Waals surface area contributed by atoms with E-state index in [1.165, 1.54) is 36.9 Å². The molecule has 112 valence electrons. The summed E-state index contributed by atoms with van der Waals surface area (Å²) in [5.74, 6) is -1.66. The van der Waals surface area contributed by atoms with E-state index < -0.39 is 21.8 Å². The minimum absolute atomic E-state index is 0.148. The number of hydrogen-bond acceptors (Lipinski definition) is 3. The Morgan fingerprint density at radius 1 is 1.33 bits per heavy atom. The zero-order valence-corrected chi connectivity index (χ0v) is 12.1. The zero-order chi connectivity index (χ0) is 15.8. The molecule has 2 aromatic rings. The summed E-state index contributed by atoms with van der Waals surface area (Å²) >= 11 is 0. The number of aromatic carboxylic acids is 1. The molecule has 0 aliphatic rings. The van der Waals surface area contributed by atoms with E-state index in [4.69, 9.17) is 5.11 Å². The van der Waals surface area contributed by atoms with Crippen LogP contribution in [0.15, 0.2) is 35.4 Å². The number of nitrogens with one attached hydrogen (secondary N) is 1. The Kier molecular flexibility index (Phi) is 3.73. The lowest BCUT2D eigenvalue weighted by atomic mass is 10.2. The molecule has 0 radical (unpaired) electrons. The zero-order valence-electron chi connectivity index (χ0n) is 11.3. The topological polar surface area (TPSA) is 88.4 Å². The first-order chi connectivity index (χ1) is 9.70. The first kappa shape index (κ1) is 15.0. The number of carbonyl (C=O) groups is 1. The van der Waals surface area contributed by atoms with Gasteiger partial charge in [0.1, 0.15) is 16.4 Å². The molecule has 1 aromatic carbocycles. The molecule has 0 aliphatic heterocycles. The molecule has 0 saturated carbocycles. The average Bonchev–Trinajstić information content (AvgIpc) is 2.77. The first-order valence-corrected chi connectivity index (χ1v) is 7.37. The molecule has 0 aliphatic carbocycles. The number of aromatic nitrogens is 1. The minimum atomic E-state index is -3.93. The van der Waals surface area contributed by atoms with Crippen molar-refractivity contribution in [3.8, 4) is 0 Å². The van der Waals surface area contributed by atoms with Crippen molar-refractivity contribution in [3.63, 3.8) is 0 Å². The number of benzene rings is 1.